The number of hydrogen-bond donors (Lipinski definition) is 0. The molecule has 0 unspecified atom stereocenters. The molecule has 0 aliphatic rings. The second-order valence-electron chi connectivity index (χ2n) is 3.97. The number of ether oxygens (including phenoxy) is 1. The molecular formula is C8H2F13NaO3. The van der Waals surface area contributed by atoms with Crippen molar-refractivity contribution in [3.63, 3.8) is 0 Å². The molecule has 17 heteroatoms. The minimum atomic E-state index is -8.06. The molecule has 0 aliphatic heterocycles. The van der Waals surface area contributed by atoms with Crippen LogP contribution in [-0.4, -0.2) is 48.6 Å². The van der Waals surface area contributed by atoms with Crippen molar-refractivity contribution in [2.75, 3.05) is 6.61 Å². The molecule has 0 aliphatic carbocycles. The summed E-state index contributed by atoms with van der Waals surface area (Å²) in [5.74, 6) is -34.4. The third-order valence-corrected chi connectivity index (χ3v) is 2.28. The SMILES string of the molecule is O=C([O-])COC(F)(F)C(F)(F)C(F)(F)C(F)(F)C(F)(F)C(F)(F)F.[Na+]. The van der Waals surface area contributed by atoms with Crippen LogP contribution in [0.5, 0.6) is 0 Å². The summed E-state index contributed by atoms with van der Waals surface area (Å²) in [6.45, 7) is -2.60. The van der Waals surface area contributed by atoms with E-state index in [1.54, 1.807) is 0 Å². The number of hydrogen-bond acceptors (Lipinski definition) is 3. The molecule has 144 valence electrons. The molecule has 0 atom stereocenters. The molecule has 0 amide bonds. The van der Waals surface area contributed by atoms with Crippen molar-refractivity contribution in [1.82, 2.24) is 0 Å². The molecule has 0 saturated heterocycles. The third-order valence-electron chi connectivity index (χ3n) is 2.28. The molecule has 0 bridgehead atoms. The number of carbonyl (C=O) groups excluding carboxylic acids is 1. The Balaban J connectivity index is 0. The average Bonchev–Trinajstić information content (AvgIpc) is 2.34. The van der Waals surface area contributed by atoms with Crippen LogP contribution < -0.4 is 34.7 Å². The van der Waals surface area contributed by atoms with Crippen molar-refractivity contribution >= 4 is 5.97 Å². The summed E-state index contributed by atoms with van der Waals surface area (Å²) in [7, 11) is 0. The van der Waals surface area contributed by atoms with Gasteiger partial charge in [0.1, 0.15) is 0 Å². The molecule has 0 spiro atoms. The maximum absolute atomic E-state index is 12.8. The zero-order chi connectivity index (χ0) is 20.0. The molecule has 25 heavy (non-hydrogen) atoms. The zero-order valence-corrected chi connectivity index (χ0v) is 13.3. The van der Waals surface area contributed by atoms with Gasteiger partial charge in [0.25, 0.3) is 0 Å². The van der Waals surface area contributed by atoms with Crippen molar-refractivity contribution in [2.45, 2.75) is 36.0 Å². The first-order valence-electron chi connectivity index (χ1n) is 4.96. The monoisotopic (exact) mass is 416 g/mol. The second kappa shape index (κ2) is 7.26. The number of halogens is 13. The zero-order valence-electron chi connectivity index (χ0n) is 11.3. The van der Waals surface area contributed by atoms with Gasteiger partial charge in [-0.15, -0.1) is 0 Å². The van der Waals surface area contributed by atoms with Gasteiger partial charge < -0.3 is 14.6 Å². The largest absolute Gasteiger partial charge is 1.00 e. The van der Waals surface area contributed by atoms with Gasteiger partial charge >= 0.3 is 65.5 Å². The minimum Gasteiger partial charge on any atom is -0.548 e. The van der Waals surface area contributed by atoms with E-state index in [9.17, 15) is 67.0 Å². The van der Waals surface area contributed by atoms with Crippen LogP contribution in [0.4, 0.5) is 57.1 Å². The van der Waals surface area contributed by atoms with Crippen molar-refractivity contribution in [3.05, 3.63) is 0 Å². The first-order chi connectivity index (χ1) is 10.2. The first-order valence-corrected chi connectivity index (χ1v) is 4.96. The molecule has 0 aromatic heterocycles. The minimum absolute atomic E-state index is 0. The molecule has 0 saturated carbocycles. The van der Waals surface area contributed by atoms with Gasteiger partial charge in [-0.3, -0.25) is 0 Å². The predicted octanol–water partition coefficient (Wildman–Crippen LogP) is -0.547. The number of carbonyl (C=O) groups is 1. The summed E-state index contributed by atoms with van der Waals surface area (Å²) in [4.78, 5) is 9.69. The van der Waals surface area contributed by atoms with E-state index in [0.29, 0.717) is 0 Å². The van der Waals surface area contributed by atoms with E-state index in [-0.39, 0.29) is 29.6 Å². The van der Waals surface area contributed by atoms with Crippen molar-refractivity contribution in [2.24, 2.45) is 0 Å². The van der Waals surface area contributed by atoms with E-state index in [2.05, 4.69) is 4.74 Å². The van der Waals surface area contributed by atoms with Gasteiger partial charge in [-0.2, -0.15) is 57.1 Å². The molecule has 0 radical (unpaired) electrons. The quantitative estimate of drug-likeness (QED) is 0.414. The maximum Gasteiger partial charge on any atom is 1.00 e. The Morgan fingerprint density at radius 3 is 1.28 bits per heavy atom. The smallest absolute Gasteiger partial charge is 0.548 e. The van der Waals surface area contributed by atoms with Crippen LogP contribution in [0.25, 0.3) is 0 Å². The van der Waals surface area contributed by atoms with E-state index < -0.39 is 48.6 Å². The second-order valence-corrected chi connectivity index (χ2v) is 3.97. The normalized spacial score (nSPS) is 14.9. The van der Waals surface area contributed by atoms with Gasteiger partial charge in [-0.05, 0) is 0 Å². The van der Waals surface area contributed by atoms with E-state index in [1.807, 2.05) is 0 Å². The van der Waals surface area contributed by atoms with E-state index >= 15 is 0 Å². The fraction of sp³-hybridized carbons (Fsp3) is 0.875. The Labute approximate surface area is 150 Å². The molecule has 0 rings (SSSR count). The fourth-order valence-corrected chi connectivity index (χ4v) is 0.995. The number of carboxylic acid groups (broad SMARTS) is 1. The summed E-state index contributed by atoms with van der Waals surface area (Å²) in [5, 5.41) is 9.69. The Bertz CT molecular complexity index is 486. The van der Waals surface area contributed by atoms with Crippen molar-refractivity contribution < 1.29 is 101 Å². The molecule has 0 aromatic rings. The van der Waals surface area contributed by atoms with Crippen LogP contribution in [0.2, 0.25) is 0 Å². The standard InChI is InChI=1S/C8H3F13O3.Na/c9-3(10,5(13,14)7(17,18)19)4(11,12)6(15,16)8(20,21)24-1-2(22)23;/h1H2,(H,22,23);/q;+1/p-1. The number of rotatable bonds is 7. The van der Waals surface area contributed by atoms with E-state index in [4.69, 9.17) is 0 Å². The Hall–Kier alpha value is -0.480. The first kappa shape index (κ1) is 26.7. The molecule has 3 nitrogen and oxygen atoms in total. The molecular weight excluding hydrogens is 414 g/mol. The van der Waals surface area contributed by atoms with Crippen molar-refractivity contribution in [1.29, 1.82) is 0 Å². The summed E-state index contributed by atoms with van der Waals surface area (Å²) in [5.41, 5.74) is 0. The number of aliphatic carboxylic acids is 1. The number of carboxylic acids is 1. The topological polar surface area (TPSA) is 49.4 Å². The molecule has 0 aromatic carbocycles. The van der Waals surface area contributed by atoms with Gasteiger partial charge in [-0.1, -0.05) is 0 Å². The average molecular weight is 416 g/mol. The van der Waals surface area contributed by atoms with Gasteiger partial charge in [0.2, 0.25) is 0 Å². The third kappa shape index (κ3) is 4.27. The summed E-state index contributed by atoms with van der Waals surface area (Å²) >= 11 is 0. The Kier molecular flexibility index (Phi) is 7.77. The maximum atomic E-state index is 12.8. The van der Waals surface area contributed by atoms with Crippen LogP contribution in [0.1, 0.15) is 0 Å². The predicted molar refractivity (Wildman–Crippen MR) is 41.7 cm³/mol. The summed E-state index contributed by atoms with van der Waals surface area (Å²) < 4.78 is 164. The van der Waals surface area contributed by atoms with Crippen LogP contribution in [0.3, 0.4) is 0 Å². The summed E-state index contributed by atoms with van der Waals surface area (Å²) in [6.07, 6.45) is -14.4. The van der Waals surface area contributed by atoms with Crippen LogP contribution in [-0.2, 0) is 9.53 Å². The molecule has 0 N–H and O–H groups in total. The van der Waals surface area contributed by atoms with Crippen LogP contribution >= 0.6 is 0 Å². The van der Waals surface area contributed by atoms with Crippen molar-refractivity contribution in [3.8, 4) is 0 Å². The van der Waals surface area contributed by atoms with Gasteiger partial charge in [0.15, 0.2) is 0 Å². The molecule has 0 fully saturated rings. The van der Waals surface area contributed by atoms with E-state index in [0.717, 1.165) is 0 Å². The fourth-order valence-electron chi connectivity index (χ4n) is 0.995. The molecule has 0 heterocycles. The number of alkyl halides is 13. The van der Waals surface area contributed by atoms with E-state index in [1.165, 1.54) is 0 Å². The summed E-state index contributed by atoms with van der Waals surface area (Å²) in [6, 6.07) is 0. The Morgan fingerprint density at radius 1 is 0.680 bits per heavy atom. The van der Waals surface area contributed by atoms with Crippen LogP contribution in [0, 0.1) is 0 Å². The van der Waals surface area contributed by atoms with Gasteiger partial charge in [0.05, 0.1) is 12.6 Å². The van der Waals surface area contributed by atoms with Gasteiger partial charge in [-0.25, -0.2) is 0 Å². The van der Waals surface area contributed by atoms with Crippen LogP contribution in [0.15, 0.2) is 0 Å². The van der Waals surface area contributed by atoms with Gasteiger partial charge in [0, 0.05) is 0 Å². The Morgan fingerprint density at radius 2 is 1.00 bits per heavy atom.